The van der Waals surface area contributed by atoms with Gasteiger partial charge in [-0.2, -0.15) is 0 Å². The molecule has 0 aromatic carbocycles. The van der Waals surface area contributed by atoms with E-state index in [0.29, 0.717) is 0 Å². The summed E-state index contributed by atoms with van der Waals surface area (Å²) in [6, 6.07) is 4.26. The van der Waals surface area contributed by atoms with E-state index in [9.17, 15) is 4.79 Å². The molecule has 0 bridgehead atoms. The third-order valence-electron chi connectivity index (χ3n) is 4.38. The highest BCUT2D eigenvalue weighted by Gasteiger charge is 2.14. The van der Waals surface area contributed by atoms with Crippen LogP contribution in [0.2, 0.25) is 0 Å². The highest BCUT2D eigenvalue weighted by atomic mass is 32.1. The first-order valence-corrected chi connectivity index (χ1v) is 9.64. The van der Waals surface area contributed by atoms with Crippen molar-refractivity contribution in [2.24, 2.45) is 10.9 Å². The summed E-state index contributed by atoms with van der Waals surface area (Å²) in [5.74, 6) is 1.47. The van der Waals surface area contributed by atoms with E-state index in [4.69, 9.17) is 0 Å². The summed E-state index contributed by atoms with van der Waals surface area (Å²) in [5.41, 5.74) is 0. The summed E-state index contributed by atoms with van der Waals surface area (Å²) in [6.45, 7) is 3.97. The molecule has 24 heavy (non-hydrogen) atoms. The van der Waals surface area contributed by atoms with E-state index in [-0.39, 0.29) is 12.5 Å². The van der Waals surface area contributed by atoms with Crippen LogP contribution < -0.4 is 10.6 Å². The van der Waals surface area contributed by atoms with Crippen molar-refractivity contribution in [3.63, 3.8) is 0 Å². The fourth-order valence-electron chi connectivity index (χ4n) is 2.85. The summed E-state index contributed by atoms with van der Waals surface area (Å²) in [6.07, 6.45) is 6.62. The monoisotopic (exact) mass is 350 g/mol. The lowest BCUT2D eigenvalue weighted by Crippen LogP contribution is -2.40. The minimum atomic E-state index is 0.0146. The number of nitrogens with zero attached hydrogens (tertiary/aromatic N) is 2. The van der Waals surface area contributed by atoms with Gasteiger partial charge >= 0.3 is 0 Å². The topological polar surface area (TPSA) is 56.7 Å². The SMILES string of the molecule is Cc1ccc(CNC(=NCC(=O)N(C)C)NCC2CCCCC2)s1. The highest BCUT2D eigenvalue weighted by molar-refractivity contribution is 7.11. The van der Waals surface area contributed by atoms with Gasteiger partial charge in [-0.25, -0.2) is 4.99 Å². The van der Waals surface area contributed by atoms with E-state index >= 15 is 0 Å². The molecule has 1 aliphatic rings. The van der Waals surface area contributed by atoms with E-state index in [1.165, 1.54) is 41.9 Å². The Kier molecular flexibility index (Phi) is 7.56. The predicted molar refractivity (Wildman–Crippen MR) is 101 cm³/mol. The molecule has 2 N–H and O–H groups in total. The van der Waals surface area contributed by atoms with Gasteiger partial charge in [0.2, 0.25) is 5.91 Å². The summed E-state index contributed by atoms with van der Waals surface area (Å²) in [7, 11) is 3.52. The molecule has 1 aromatic rings. The van der Waals surface area contributed by atoms with E-state index in [2.05, 4.69) is 34.7 Å². The lowest BCUT2D eigenvalue weighted by Gasteiger charge is -2.23. The maximum Gasteiger partial charge on any atom is 0.243 e. The van der Waals surface area contributed by atoms with E-state index in [1.54, 1.807) is 30.3 Å². The van der Waals surface area contributed by atoms with Crippen LogP contribution in [0.25, 0.3) is 0 Å². The number of carbonyl (C=O) groups excluding carboxylic acids is 1. The number of amides is 1. The Labute approximate surface area is 149 Å². The normalized spacial score (nSPS) is 16.0. The summed E-state index contributed by atoms with van der Waals surface area (Å²) in [4.78, 5) is 20.4. The number of carbonyl (C=O) groups is 1. The van der Waals surface area contributed by atoms with Gasteiger partial charge in [-0.15, -0.1) is 11.3 Å². The molecule has 6 heteroatoms. The summed E-state index contributed by atoms with van der Waals surface area (Å²) in [5, 5.41) is 6.80. The number of likely N-dealkylation sites (N-methyl/N-ethyl adjacent to an activating group) is 1. The van der Waals surface area contributed by atoms with Gasteiger partial charge in [0, 0.05) is 30.4 Å². The average Bonchev–Trinajstić information content (AvgIpc) is 3.00. The number of aryl methyl sites for hydroxylation is 1. The maximum atomic E-state index is 11.8. The van der Waals surface area contributed by atoms with Crippen LogP contribution in [0, 0.1) is 12.8 Å². The van der Waals surface area contributed by atoms with E-state index in [0.717, 1.165) is 25.0 Å². The van der Waals surface area contributed by atoms with Crippen molar-refractivity contribution < 1.29 is 4.79 Å². The van der Waals surface area contributed by atoms with Crippen LogP contribution in [0.15, 0.2) is 17.1 Å². The minimum absolute atomic E-state index is 0.0146. The van der Waals surface area contributed by atoms with Crippen LogP contribution in [-0.2, 0) is 11.3 Å². The van der Waals surface area contributed by atoms with Crippen LogP contribution in [0.4, 0.5) is 0 Å². The quantitative estimate of drug-likeness (QED) is 0.613. The first-order valence-electron chi connectivity index (χ1n) is 8.82. The molecule has 134 valence electrons. The Hall–Kier alpha value is -1.56. The summed E-state index contributed by atoms with van der Waals surface area (Å²) < 4.78 is 0. The Morgan fingerprint density at radius 3 is 2.62 bits per heavy atom. The minimum Gasteiger partial charge on any atom is -0.356 e. The molecule has 5 nitrogen and oxygen atoms in total. The number of hydrogen-bond acceptors (Lipinski definition) is 3. The zero-order chi connectivity index (χ0) is 17.4. The molecule has 0 unspecified atom stereocenters. The lowest BCUT2D eigenvalue weighted by atomic mass is 9.89. The second-order valence-corrected chi connectivity index (χ2v) is 8.08. The van der Waals surface area contributed by atoms with E-state index < -0.39 is 0 Å². The Morgan fingerprint density at radius 1 is 1.25 bits per heavy atom. The first-order chi connectivity index (χ1) is 11.5. The molecule has 0 saturated heterocycles. The van der Waals surface area contributed by atoms with Gasteiger partial charge in [-0.3, -0.25) is 4.79 Å². The fraction of sp³-hybridized carbons (Fsp3) is 0.667. The van der Waals surface area contributed by atoms with Gasteiger partial charge in [0.15, 0.2) is 5.96 Å². The second kappa shape index (κ2) is 9.67. The number of thiophene rings is 1. The largest absolute Gasteiger partial charge is 0.356 e. The average molecular weight is 351 g/mol. The molecule has 0 radical (unpaired) electrons. The highest BCUT2D eigenvalue weighted by Crippen LogP contribution is 2.22. The van der Waals surface area contributed by atoms with Gasteiger partial charge in [-0.05, 0) is 37.8 Å². The molecule has 1 saturated carbocycles. The molecular weight excluding hydrogens is 320 g/mol. The third kappa shape index (κ3) is 6.51. The molecule has 0 spiro atoms. The van der Waals surface area contributed by atoms with Gasteiger partial charge in [-0.1, -0.05) is 19.3 Å². The van der Waals surface area contributed by atoms with Crippen molar-refractivity contribution in [1.29, 1.82) is 0 Å². The van der Waals surface area contributed by atoms with Gasteiger partial charge in [0.1, 0.15) is 6.54 Å². The molecule has 0 atom stereocenters. The van der Waals surface area contributed by atoms with Crippen molar-refractivity contribution >= 4 is 23.2 Å². The summed E-state index contributed by atoms with van der Waals surface area (Å²) >= 11 is 1.78. The van der Waals surface area contributed by atoms with Crippen molar-refractivity contribution in [3.05, 3.63) is 21.9 Å². The van der Waals surface area contributed by atoms with Crippen LogP contribution in [-0.4, -0.2) is 44.0 Å². The van der Waals surface area contributed by atoms with E-state index in [1.807, 2.05) is 0 Å². The van der Waals surface area contributed by atoms with Crippen LogP contribution >= 0.6 is 11.3 Å². The van der Waals surface area contributed by atoms with Gasteiger partial charge in [0.05, 0.1) is 6.54 Å². The smallest absolute Gasteiger partial charge is 0.243 e. The third-order valence-corrected chi connectivity index (χ3v) is 5.38. The number of guanidine groups is 1. The number of nitrogens with one attached hydrogen (secondary N) is 2. The molecule has 1 fully saturated rings. The van der Waals surface area contributed by atoms with Crippen molar-refractivity contribution in [2.45, 2.75) is 45.6 Å². The molecule has 1 heterocycles. The Morgan fingerprint density at radius 2 is 2.00 bits per heavy atom. The molecule has 1 amide bonds. The zero-order valence-corrected chi connectivity index (χ0v) is 15.9. The Balaban J connectivity index is 1.88. The molecule has 1 aromatic heterocycles. The first kappa shape index (κ1) is 18.8. The van der Waals surface area contributed by atoms with Gasteiger partial charge in [0.25, 0.3) is 0 Å². The van der Waals surface area contributed by atoms with Crippen molar-refractivity contribution in [1.82, 2.24) is 15.5 Å². The molecular formula is C18H30N4OS. The Bertz CT molecular complexity index is 547. The van der Waals surface area contributed by atoms with Gasteiger partial charge < -0.3 is 15.5 Å². The molecule has 0 aliphatic heterocycles. The fourth-order valence-corrected chi connectivity index (χ4v) is 3.68. The van der Waals surface area contributed by atoms with Crippen LogP contribution in [0.5, 0.6) is 0 Å². The number of hydrogen-bond donors (Lipinski definition) is 2. The predicted octanol–water partition coefficient (Wildman–Crippen LogP) is 2.76. The van der Waals surface area contributed by atoms with Crippen LogP contribution in [0.1, 0.15) is 41.9 Å². The second-order valence-electron chi connectivity index (χ2n) is 6.70. The number of rotatable bonds is 6. The standard InChI is InChI=1S/C18H30N4OS/c1-14-9-10-16(24-14)12-20-18(21-13-17(23)22(2)3)19-11-15-7-5-4-6-8-15/h9-10,15H,4-8,11-13H2,1-3H3,(H2,19,20,21). The van der Waals surface area contributed by atoms with Crippen molar-refractivity contribution in [2.75, 3.05) is 27.2 Å². The number of aliphatic imine (C=N–C) groups is 1. The molecule has 1 aliphatic carbocycles. The zero-order valence-electron chi connectivity index (χ0n) is 15.1. The van der Waals surface area contributed by atoms with Crippen molar-refractivity contribution in [3.8, 4) is 0 Å². The molecule has 2 rings (SSSR count). The lowest BCUT2D eigenvalue weighted by molar-refractivity contribution is -0.127. The maximum absolute atomic E-state index is 11.8. The van der Waals surface area contributed by atoms with Crippen LogP contribution in [0.3, 0.4) is 0 Å².